The van der Waals surface area contributed by atoms with E-state index in [1.807, 2.05) is 6.92 Å². The van der Waals surface area contributed by atoms with Crippen molar-refractivity contribution < 1.29 is 19.4 Å². The Balaban J connectivity index is 2.87. The molecule has 1 rings (SSSR count). The second-order valence-corrected chi connectivity index (χ2v) is 4.52. The first-order chi connectivity index (χ1) is 9.45. The minimum atomic E-state index is -1.08. The topological polar surface area (TPSA) is 92.9 Å². The fourth-order valence-electron chi connectivity index (χ4n) is 1.76. The number of aliphatic carboxylic acids is 1. The Morgan fingerprint density at radius 3 is 2.60 bits per heavy atom. The highest BCUT2D eigenvalue weighted by Crippen LogP contribution is 2.23. The number of hydrogen-bond donors (Lipinski definition) is 2. The average molecular weight is 280 g/mol. The van der Waals surface area contributed by atoms with Gasteiger partial charge in [0.25, 0.3) is 0 Å². The lowest BCUT2D eigenvalue weighted by Gasteiger charge is -2.23. The third kappa shape index (κ3) is 4.55. The van der Waals surface area contributed by atoms with Gasteiger partial charge in [0.15, 0.2) is 0 Å². The molecule has 3 N–H and O–H groups in total. The quantitative estimate of drug-likeness (QED) is 0.738. The Morgan fingerprint density at radius 1 is 1.40 bits per heavy atom. The first kappa shape index (κ1) is 16.0. The summed E-state index contributed by atoms with van der Waals surface area (Å²) in [7, 11) is 1.57. The number of rotatable bonds is 7. The van der Waals surface area contributed by atoms with Crippen molar-refractivity contribution in [3.63, 3.8) is 0 Å². The Hall–Kier alpha value is -2.08. The van der Waals surface area contributed by atoms with Crippen LogP contribution in [0, 0.1) is 0 Å². The number of amides is 1. The molecule has 20 heavy (non-hydrogen) atoms. The van der Waals surface area contributed by atoms with Crippen molar-refractivity contribution in [2.24, 2.45) is 0 Å². The summed E-state index contributed by atoms with van der Waals surface area (Å²) in [5.74, 6) is -1.37. The summed E-state index contributed by atoms with van der Waals surface area (Å²) in [6.07, 6.45) is 0.674. The number of ether oxygens (including phenoxy) is 1. The fourth-order valence-corrected chi connectivity index (χ4v) is 1.76. The van der Waals surface area contributed by atoms with E-state index in [0.717, 1.165) is 0 Å². The summed E-state index contributed by atoms with van der Waals surface area (Å²) in [4.78, 5) is 24.3. The lowest BCUT2D eigenvalue weighted by Crippen LogP contribution is -2.36. The monoisotopic (exact) mass is 280 g/mol. The predicted octanol–water partition coefficient (Wildman–Crippen LogP) is 1.50. The van der Waals surface area contributed by atoms with Gasteiger partial charge < -0.3 is 15.6 Å². The first-order valence-corrected chi connectivity index (χ1v) is 6.35. The molecule has 0 aliphatic rings. The first-order valence-electron chi connectivity index (χ1n) is 6.35. The van der Waals surface area contributed by atoms with Crippen LogP contribution in [0.15, 0.2) is 24.3 Å². The number of anilines is 2. The molecule has 1 atom stereocenters. The van der Waals surface area contributed by atoms with E-state index in [4.69, 9.17) is 15.6 Å². The maximum atomic E-state index is 12.2. The third-order valence-electron chi connectivity index (χ3n) is 2.99. The van der Waals surface area contributed by atoms with E-state index in [-0.39, 0.29) is 18.4 Å². The van der Waals surface area contributed by atoms with Gasteiger partial charge in [0.05, 0.1) is 17.5 Å². The molecule has 0 saturated heterocycles. The zero-order valence-corrected chi connectivity index (χ0v) is 11.7. The van der Waals surface area contributed by atoms with Crippen LogP contribution in [0.2, 0.25) is 0 Å². The molecule has 0 aromatic heterocycles. The molecule has 1 unspecified atom stereocenters. The molecule has 1 aromatic carbocycles. The molecule has 0 radical (unpaired) electrons. The molecule has 0 saturated carbocycles. The lowest BCUT2D eigenvalue weighted by molar-refractivity contribution is -0.136. The maximum absolute atomic E-state index is 12.2. The van der Waals surface area contributed by atoms with Gasteiger partial charge in [-0.05, 0) is 25.5 Å². The number of nitrogens with zero attached hydrogens (tertiary/aromatic N) is 1. The van der Waals surface area contributed by atoms with Crippen LogP contribution < -0.4 is 10.6 Å². The molecule has 0 spiro atoms. The molecule has 0 aliphatic heterocycles. The number of carboxylic acids is 1. The summed E-state index contributed by atoms with van der Waals surface area (Å²) < 4.78 is 5.08. The smallest absolute Gasteiger partial charge is 0.323 e. The number of methoxy groups -OCH3 is 1. The molecule has 6 nitrogen and oxygen atoms in total. The highest BCUT2D eigenvalue weighted by Gasteiger charge is 2.20. The molecule has 0 fully saturated rings. The largest absolute Gasteiger partial charge is 0.480 e. The number of hydrogen-bond acceptors (Lipinski definition) is 4. The van der Waals surface area contributed by atoms with Crippen LogP contribution in [0.3, 0.4) is 0 Å². The Morgan fingerprint density at radius 2 is 2.05 bits per heavy atom. The van der Waals surface area contributed by atoms with E-state index in [2.05, 4.69) is 0 Å². The molecule has 1 aromatic rings. The normalized spacial score (nSPS) is 11.9. The molecule has 0 heterocycles. The molecule has 110 valence electrons. The minimum Gasteiger partial charge on any atom is -0.480 e. The van der Waals surface area contributed by atoms with E-state index in [1.54, 1.807) is 31.4 Å². The average Bonchev–Trinajstić information content (AvgIpc) is 2.42. The van der Waals surface area contributed by atoms with E-state index in [1.165, 1.54) is 4.90 Å². The Bertz CT molecular complexity index is 476. The Labute approximate surface area is 118 Å². The number of para-hydroxylation sites is 2. The van der Waals surface area contributed by atoms with Crippen LogP contribution in [0.4, 0.5) is 11.4 Å². The van der Waals surface area contributed by atoms with E-state index in [9.17, 15) is 9.59 Å². The molecule has 0 bridgehead atoms. The summed E-state index contributed by atoms with van der Waals surface area (Å²) in [6.45, 7) is 1.44. The standard InChI is InChI=1S/C14H20N2O4/c1-10(20-2)7-8-13(17)16(9-14(18)19)12-6-4-3-5-11(12)15/h3-6,10H,7-9,15H2,1-2H3,(H,18,19). The minimum absolute atomic E-state index is 0.0567. The SMILES string of the molecule is COC(C)CCC(=O)N(CC(=O)O)c1ccccc1N. The van der Waals surface area contributed by atoms with E-state index in [0.29, 0.717) is 17.8 Å². The number of nitrogens with two attached hydrogens (primary N) is 1. The maximum Gasteiger partial charge on any atom is 0.323 e. The van der Waals surface area contributed by atoms with Gasteiger partial charge >= 0.3 is 5.97 Å². The fraction of sp³-hybridized carbons (Fsp3) is 0.429. The predicted molar refractivity (Wildman–Crippen MR) is 76.5 cm³/mol. The number of benzene rings is 1. The van der Waals surface area contributed by atoms with Crippen LogP contribution in [-0.4, -0.2) is 36.7 Å². The zero-order chi connectivity index (χ0) is 15.1. The number of nitrogen functional groups attached to an aromatic ring is 1. The Kier molecular flexibility index (Phi) is 5.99. The number of carbonyl (C=O) groups is 2. The van der Waals surface area contributed by atoms with Crippen molar-refractivity contribution in [2.75, 3.05) is 24.3 Å². The van der Waals surface area contributed by atoms with Gasteiger partial charge in [-0.3, -0.25) is 14.5 Å². The second-order valence-electron chi connectivity index (χ2n) is 4.52. The summed E-state index contributed by atoms with van der Waals surface area (Å²) in [5, 5.41) is 8.95. The number of carboxylic acid groups (broad SMARTS) is 1. The van der Waals surface area contributed by atoms with Gasteiger partial charge in [0.2, 0.25) is 5.91 Å². The highest BCUT2D eigenvalue weighted by molar-refractivity contribution is 5.99. The van der Waals surface area contributed by atoms with E-state index < -0.39 is 12.5 Å². The van der Waals surface area contributed by atoms with Gasteiger partial charge in [-0.1, -0.05) is 12.1 Å². The van der Waals surface area contributed by atoms with Crippen LogP contribution >= 0.6 is 0 Å². The summed E-state index contributed by atoms with van der Waals surface area (Å²) >= 11 is 0. The van der Waals surface area contributed by atoms with Crippen molar-refractivity contribution in [2.45, 2.75) is 25.9 Å². The van der Waals surface area contributed by atoms with Crippen LogP contribution in [-0.2, 0) is 14.3 Å². The van der Waals surface area contributed by atoms with Crippen molar-refractivity contribution in [1.29, 1.82) is 0 Å². The van der Waals surface area contributed by atoms with Crippen molar-refractivity contribution >= 4 is 23.3 Å². The third-order valence-corrected chi connectivity index (χ3v) is 2.99. The number of carbonyl (C=O) groups excluding carboxylic acids is 1. The lowest BCUT2D eigenvalue weighted by atomic mass is 10.1. The molecular formula is C14H20N2O4. The van der Waals surface area contributed by atoms with Crippen LogP contribution in [0.25, 0.3) is 0 Å². The zero-order valence-electron chi connectivity index (χ0n) is 11.7. The van der Waals surface area contributed by atoms with Crippen LogP contribution in [0.1, 0.15) is 19.8 Å². The summed E-state index contributed by atoms with van der Waals surface area (Å²) in [5.41, 5.74) is 6.60. The summed E-state index contributed by atoms with van der Waals surface area (Å²) in [6, 6.07) is 6.71. The van der Waals surface area contributed by atoms with Gasteiger partial charge in [-0.2, -0.15) is 0 Å². The van der Waals surface area contributed by atoms with Gasteiger partial charge in [0, 0.05) is 13.5 Å². The van der Waals surface area contributed by atoms with Crippen LogP contribution in [0.5, 0.6) is 0 Å². The highest BCUT2D eigenvalue weighted by atomic mass is 16.5. The molecule has 1 amide bonds. The van der Waals surface area contributed by atoms with Crippen molar-refractivity contribution in [3.8, 4) is 0 Å². The van der Waals surface area contributed by atoms with Gasteiger partial charge in [0.1, 0.15) is 6.54 Å². The molecule has 0 aliphatic carbocycles. The van der Waals surface area contributed by atoms with Gasteiger partial charge in [-0.15, -0.1) is 0 Å². The van der Waals surface area contributed by atoms with Crippen molar-refractivity contribution in [3.05, 3.63) is 24.3 Å². The molecular weight excluding hydrogens is 260 g/mol. The van der Waals surface area contributed by atoms with Gasteiger partial charge in [-0.25, -0.2) is 0 Å². The molecule has 6 heteroatoms. The van der Waals surface area contributed by atoms with Crippen molar-refractivity contribution in [1.82, 2.24) is 0 Å². The van der Waals surface area contributed by atoms with E-state index >= 15 is 0 Å². The second kappa shape index (κ2) is 7.49.